The molecule has 1 aliphatic rings. The largest absolute Gasteiger partial charge is 0.354 e. The average Bonchev–Trinajstić information content (AvgIpc) is 2.49. The van der Waals surface area contributed by atoms with Gasteiger partial charge >= 0.3 is 0 Å². The zero-order valence-corrected chi connectivity index (χ0v) is 14.7. The molecule has 1 aromatic rings. The maximum Gasteiger partial charge on any atom is 0.133 e. The van der Waals surface area contributed by atoms with Gasteiger partial charge in [-0.3, -0.25) is 0 Å². The van der Waals surface area contributed by atoms with Crippen molar-refractivity contribution >= 4 is 17.6 Å². The van der Waals surface area contributed by atoms with Crippen LogP contribution in [0.2, 0.25) is 0 Å². The molecule has 0 amide bonds. The Morgan fingerprint density at radius 2 is 2.19 bits per heavy atom. The van der Waals surface area contributed by atoms with Crippen molar-refractivity contribution in [3.8, 4) is 0 Å². The molecular weight excluding hydrogens is 278 g/mol. The first-order chi connectivity index (χ1) is 10.2. The van der Waals surface area contributed by atoms with Crippen LogP contribution in [0.3, 0.4) is 0 Å². The summed E-state index contributed by atoms with van der Waals surface area (Å²) in [4.78, 5) is 7.39. The van der Waals surface area contributed by atoms with E-state index >= 15 is 0 Å². The number of hydrogen-bond donors (Lipinski definition) is 1. The Balaban J connectivity index is 2.23. The number of rotatable bonds is 6. The number of aryl methyl sites for hydroxylation is 2. The van der Waals surface area contributed by atoms with Gasteiger partial charge in [-0.2, -0.15) is 11.8 Å². The van der Waals surface area contributed by atoms with E-state index in [1.165, 1.54) is 35.5 Å². The summed E-state index contributed by atoms with van der Waals surface area (Å²) in [5, 5.41) is 4.29. The second kappa shape index (κ2) is 8.04. The predicted octanol–water partition coefficient (Wildman–Crippen LogP) is 3.53. The van der Waals surface area contributed by atoms with Gasteiger partial charge in [0.15, 0.2) is 0 Å². The molecule has 1 N–H and O–H groups in total. The van der Waals surface area contributed by atoms with E-state index in [-0.39, 0.29) is 0 Å². The minimum Gasteiger partial charge on any atom is -0.354 e. The fourth-order valence-electron chi connectivity index (χ4n) is 2.87. The molecule has 2 rings (SSSR count). The van der Waals surface area contributed by atoms with E-state index in [1.807, 2.05) is 0 Å². The third-order valence-corrected chi connectivity index (χ3v) is 5.45. The molecule has 0 aromatic carbocycles. The van der Waals surface area contributed by atoms with E-state index < -0.39 is 0 Å². The van der Waals surface area contributed by atoms with Crippen LogP contribution in [0.5, 0.6) is 0 Å². The fraction of sp³-hybridized carbons (Fsp3) is 0.706. The van der Waals surface area contributed by atoms with Crippen LogP contribution in [-0.4, -0.2) is 35.6 Å². The molecule has 0 bridgehead atoms. The highest BCUT2D eigenvalue weighted by Crippen LogP contribution is 2.28. The molecule has 1 atom stereocenters. The summed E-state index contributed by atoms with van der Waals surface area (Å²) in [6.45, 7) is 13.1. The number of anilines is 1. The van der Waals surface area contributed by atoms with Crippen molar-refractivity contribution < 1.29 is 0 Å². The summed E-state index contributed by atoms with van der Waals surface area (Å²) in [7, 11) is 0. The molecule has 3 nitrogen and oxygen atoms in total. The quantitative estimate of drug-likeness (QED) is 0.814. The van der Waals surface area contributed by atoms with Gasteiger partial charge in [0.25, 0.3) is 0 Å². The zero-order chi connectivity index (χ0) is 15.2. The van der Waals surface area contributed by atoms with E-state index in [0.717, 1.165) is 37.1 Å². The Labute approximate surface area is 133 Å². The molecular formula is C17H29N3S. The third-order valence-electron chi connectivity index (χ3n) is 4.08. The lowest BCUT2D eigenvalue weighted by Crippen LogP contribution is -2.39. The second-order valence-corrected chi connectivity index (χ2v) is 7.31. The summed E-state index contributed by atoms with van der Waals surface area (Å²) < 4.78 is 0. The standard InChI is InChI=1S/C17H29N3S/c1-5-7-18-11-16-13(3)10-14(4)19-17(16)20-8-9-21-15(6-2)12-20/h10,15,18H,5-9,11-12H2,1-4H3. The first kappa shape index (κ1) is 16.6. The second-order valence-electron chi connectivity index (χ2n) is 5.91. The van der Waals surface area contributed by atoms with Crippen molar-refractivity contribution in [2.24, 2.45) is 0 Å². The van der Waals surface area contributed by atoms with E-state index in [4.69, 9.17) is 4.98 Å². The topological polar surface area (TPSA) is 28.2 Å². The van der Waals surface area contributed by atoms with Gasteiger partial charge in [-0.15, -0.1) is 0 Å². The van der Waals surface area contributed by atoms with Crippen molar-refractivity contribution in [2.75, 3.05) is 30.3 Å². The van der Waals surface area contributed by atoms with Crippen molar-refractivity contribution in [3.05, 3.63) is 22.9 Å². The molecule has 1 fully saturated rings. The number of hydrogen-bond acceptors (Lipinski definition) is 4. The van der Waals surface area contributed by atoms with Gasteiger partial charge in [0.1, 0.15) is 5.82 Å². The van der Waals surface area contributed by atoms with Crippen LogP contribution >= 0.6 is 11.8 Å². The maximum atomic E-state index is 4.88. The third kappa shape index (κ3) is 4.36. The SMILES string of the molecule is CCCNCc1c(C)cc(C)nc1N1CCSC(CC)C1. The molecule has 0 radical (unpaired) electrons. The van der Waals surface area contributed by atoms with Gasteiger partial charge < -0.3 is 10.2 Å². The smallest absolute Gasteiger partial charge is 0.133 e. The molecule has 4 heteroatoms. The van der Waals surface area contributed by atoms with Crippen LogP contribution in [0, 0.1) is 13.8 Å². The fourth-order valence-corrected chi connectivity index (χ4v) is 4.05. The molecule has 1 aliphatic heterocycles. The van der Waals surface area contributed by atoms with Crippen LogP contribution in [-0.2, 0) is 6.54 Å². The molecule has 2 heterocycles. The van der Waals surface area contributed by atoms with Crippen LogP contribution in [0.4, 0.5) is 5.82 Å². The maximum absolute atomic E-state index is 4.88. The van der Waals surface area contributed by atoms with Crippen LogP contribution in [0.15, 0.2) is 6.07 Å². The summed E-state index contributed by atoms with van der Waals surface area (Å²) in [5.74, 6) is 2.43. The molecule has 0 saturated carbocycles. The Hall–Kier alpha value is -0.740. The Kier molecular flexibility index (Phi) is 6.37. The lowest BCUT2D eigenvalue weighted by Gasteiger charge is -2.34. The Morgan fingerprint density at radius 3 is 2.90 bits per heavy atom. The first-order valence-electron chi connectivity index (χ1n) is 8.20. The molecule has 1 aromatic heterocycles. The van der Waals surface area contributed by atoms with Gasteiger partial charge in [0, 0.05) is 41.9 Å². The Morgan fingerprint density at radius 1 is 1.38 bits per heavy atom. The highest BCUT2D eigenvalue weighted by Gasteiger charge is 2.23. The first-order valence-corrected chi connectivity index (χ1v) is 9.25. The summed E-state index contributed by atoms with van der Waals surface area (Å²) in [6, 6.07) is 2.21. The van der Waals surface area contributed by atoms with Crippen LogP contribution < -0.4 is 10.2 Å². The average molecular weight is 308 g/mol. The summed E-state index contributed by atoms with van der Waals surface area (Å²) in [6.07, 6.45) is 2.42. The lowest BCUT2D eigenvalue weighted by atomic mass is 10.1. The van der Waals surface area contributed by atoms with Crippen molar-refractivity contribution in [1.29, 1.82) is 0 Å². The predicted molar refractivity (Wildman–Crippen MR) is 94.5 cm³/mol. The van der Waals surface area contributed by atoms with Crippen molar-refractivity contribution in [1.82, 2.24) is 10.3 Å². The van der Waals surface area contributed by atoms with Gasteiger partial charge in [-0.25, -0.2) is 4.98 Å². The lowest BCUT2D eigenvalue weighted by molar-refractivity contribution is 0.661. The molecule has 118 valence electrons. The summed E-state index contributed by atoms with van der Waals surface area (Å²) >= 11 is 2.11. The van der Waals surface area contributed by atoms with Crippen molar-refractivity contribution in [2.45, 2.75) is 52.3 Å². The van der Waals surface area contributed by atoms with Gasteiger partial charge in [-0.1, -0.05) is 13.8 Å². The number of nitrogens with zero attached hydrogens (tertiary/aromatic N) is 2. The number of aromatic nitrogens is 1. The minimum absolute atomic E-state index is 0.748. The van der Waals surface area contributed by atoms with E-state index in [2.05, 4.69) is 55.7 Å². The molecule has 1 unspecified atom stereocenters. The molecule has 21 heavy (non-hydrogen) atoms. The summed E-state index contributed by atoms with van der Waals surface area (Å²) in [5.41, 5.74) is 3.89. The minimum atomic E-state index is 0.748. The van der Waals surface area contributed by atoms with Gasteiger partial charge in [-0.05, 0) is 44.9 Å². The highest BCUT2D eigenvalue weighted by molar-refractivity contribution is 8.00. The monoisotopic (exact) mass is 307 g/mol. The number of nitrogens with one attached hydrogen (secondary N) is 1. The highest BCUT2D eigenvalue weighted by atomic mass is 32.2. The molecule has 0 spiro atoms. The molecule has 0 aliphatic carbocycles. The normalized spacial score (nSPS) is 19.0. The zero-order valence-electron chi connectivity index (χ0n) is 13.9. The van der Waals surface area contributed by atoms with Crippen LogP contribution in [0.1, 0.15) is 43.5 Å². The van der Waals surface area contributed by atoms with E-state index in [1.54, 1.807) is 0 Å². The van der Waals surface area contributed by atoms with Gasteiger partial charge in [0.05, 0.1) is 0 Å². The number of pyridine rings is 1. The van der Waals surface area contributed by atoms with Gasteiger partial charge in [0.2, 0.25) is 0 Å². The van der Waals surface area contributed by atoms with E-state index in [0.29, 0.717) is 0 Å². The van der Waals surface area contributed by atoms with Crippen LogP contribution in [0.25, 0.3) is 0 Å². The Bertz CT molecular complexity index is 462. The van der Waals surface area contributed by atoms with E-state index in [9.17, 15) is 0 Å². The molecule has 1 saturated heterocycles. The number of thioether (sulfide) groups is 1. The van der Waals surface area contributed by atoms with Crippen molar-refractivity contribution in [3.63, 3.8) is 0 Å².